The van der Waals surface area contributed by atoms with Crippen molar-refractivity contribution in [3.8, 4) is 0 Å². The van der Waals surface area contributed by atoms with E-state index in [-0.39, 0.29) is 18.6 Å². The lowest BCUT2D eigenvalue weighted by atomic mass is 10.4. The lowest BCUT2D eigenvalue weighted by Crippen LogP contribution is -2.54. The number of carbonyl (C=O) groups excluding carboxylic acids is 3. The van der Waals surface area contributed by atoms with Crippen LogP contribution in [0.25, 0.3) is 0 Å². The van der Waals surface area contributed by atoms with Crippen LogP contribution >= 0.6 is 0 Å². The topological polar surface area (TPSA) is 116 Å². The standard InChI is InChI=1S/C12H16N2O6/c1-3-8(4-5-9(15)13-2)20-12(18)14(19)10(16)6-7-11(14)17/h3-5,10,16H,6-7H2,1-2H3,(H,13,15)/b5-4-,8-3+. The second kappa shape index (κ2) is 6.42. The SMILES string of the molecule is C/C=C(\C=C/C(=O)NC)OC(=O)[N+]1([O-])C(=O)CCC1O. The monoisotopic (exact) mass is 284 g/mol. The summed E-state index contributed by atoms with van der Waals surface area (Å²) >= 11 is 0. The third kappa shape index (κ3) is 3.10. The van der Waals surface area contributed by atoms with Crippen molar-refractivity contribution < 1.29 is 28.9 Å². The van der Waals surface area contributed by atoms with Gasteiger partial charge in [-0.2, -0.15) is 9.44 Å². The van der Waals surface area contributed by atoms with Crippen molar-refractivity contribution in [1.29, 1.82) is 0 Å². The fourth-order valence-corrected chi connectivity index (χ4v) is 1.59. The summed E-state index contributed by atoms with van der Waals surface area (Å²) in [6, 6.07) is 0. The molecule has 3 amide bonds. The summed E-state index contributed by atoms with van der Waals surface area (Å²) in [5, 5.41) is 23.8. The normalized spacial score (nSPS) is 26.9. The second-order valence-electron chi connectivity index (χ2n) is 4.08. The number of carbonyl (C=O) groups is 3. The van der Waals surface area contributed by atoms with Gasteiger partial charge in [-0.05, 0) is 19.1 Å². The van der Waals surface area contributed by atoms with Crippen molar-refractivity contribution in [1.82, 2.24) is 5.32 Å². The van der Waals surface area contributed by atoms with Gasteiger partial charge in [-0.25, -0.2) is 4.79 Å². The highest BCUT2D eigenvalue weighted by molar-refractivity contribution is 5.88. The Morgan fingerprint density at radius 1 is 1.50 bits per heavy atom. The molecule has 8 heteroatoms. The molecule has 110 valence electrons. The van der Waals surface area contributed by atoms with Gasteiger partial charge in [0.1, 0.15) is 5.76 Å². The predicted octanol–water partition coefficient (Wildman–Crippen LogP) is 0.282. The molecule has 0 aromatic heterocycles. The molecule has 0 aromatic carbocycles. The van der Waals surface area contributed by atoms with Crippen molar-refractivity contribution in [2.45, 2.75) is 26.0 Å². The average molecular weight is 284 g/mol. The van der Waals surface area contributed by atoms with Gasteiger partial charge in [0.05, 0.1) is 6.42 Å². The summed E-state index contributed by atoms with van der Waals surface area (Å²) in [5.74, 6) is -1.45. The summed E-state index contributed by atoms with van der Waals surface area (Å²) in [5.41, 5.74) is 0. The Labute approximate surface area is 115 Å². The molecule has 2 unspecified atom stereocenters. The fourth-order valence-electron chi connectivity index (χ4n) is 1.59. The number of allylic oxidation sites excluding steroid dienone is 2. The van der Waals surface area contributed by atoms with Gasteiger partial charge in [-0.15, -0.1) is 0 Å². The zero-order valence-corrected chi connectivity index (χ0v) is 11.2. The molecule has 1 aliphatic rings. The van der Waals surface area contributed by atoms with E-state index in [1.54, 1.807) is 0 Å². The smallest absolute Gasteiger partial charge is 0.531 e. The molecule has 0 radical (unpaired) electrons. The van der Waals surface area contributed by atoms with E-state index in [1.807, 2.05) is 0 Å². The molecule has 1 heterocycles. The van der Waals surface area contributed by atoms with Gasteiger partial charge in [0.2, 0.25) is 12.1 Å². The van der Waals surface area contributed by atoms with E-state index in [4.69, 9.17) is 4.74 Å². The maximum atomic E-state index is 12.0. The van der Waals surface area contributed by atoms with Crippen molar-refractivity contribution in [3.63, 3.8) is 0 Å². The van der Waals surface area contributed by atoms with Crippen LogP contribution in [-0.4, -0.2) is 40.9 Å². The minimum Gasteiger partial charge on any atom is -0.613 e. The van der Waals surface area contributed by atoms with E-state index in [1.165, 1.54) is 26.1 Å². The molecular weight excluding hydrogens is 268 g/mol. The summed E-state index contributed by atoms with van der Waals surface area (Å²) in [6.45, 7) is 1.52. The molecule has 0 spiro atoms. The van der Waals surface area contributed by atoms with Crippen LogP contribution in [0.4, 0.5) is 4.79 Å². The molecule has 1 rings (SSSR count). The van der Waals surface area contributed by atoms with Gasteiger partial charge >= 0.3 is 12.0 Å². The zero-order valence-electron chi connectivity index (χ0n) is 11.2. The van der Waals surface area contributed by atoms with Gasteiger partial charge in [-0.1, -0.05) is 0 Å². The van der Waals surface area contributed by atoms with Gasteiger partial charge in [0, 0.05) is 19.5 Å². The van der Waals surface area contributed by atoms with Crippen molar-refractivity contribution in [2.75, 3.05) is 7.05 Å². The minimum atomic E-state index is -2.05. The lowest BCUT2D eigenvalue weighted by Gasteiger charge is -2.33. The first-order chi connectivity index (χ1) is 9.36. The predicted molar refractivity (Wildman–Crippen MR) is 67.3 cm³/mol. The number of ether oxygens (including phenoxy) is 1. The molecule has 0 bridgehead atoms. The molecule has 0 aromatic rings. The van der Waals surface area contributed by atoms with E-state index >= 15 is 0 Å². The Hall–Kier alpha value is -2.03. The first-order valence-electron chi connectivity index (χ1n) is 5.96. The number of hydrogen-bond acceptors (Lipinski definition) is 6. The largest absolute Gasteiger partial charge is 0.613 e. The highest BCUT2D eigenvalue weighted by Gasteiger charge is 2.50. The van der Waals surface area contributed by atoms with Gasteiger partial charge in [0.15, 0.2) is 0 Å². The number of hydrogen-bond donors (Lipinski definition) is 2. The lowest BCUT2D eigenvalue weighted by molar-refractivity contribution is -0.776. The number of imide groups is 1. The van der Waals surface area contributed by atoms with Crippen LogP contribution in [-0.2, 0) is 14.3 Å². The number of quaternary nitrogens is 1. The van der Waals surface area contributed by atoms with E-state index < -0.39 is 28.8 Å². The average Bonchev–Trinajstić information content (AvgIpc) is 2.71. The van der Waals surface area contributed by atoms with Gasteiger partial charge in [-0.3, -0.25) is 4.79 Å². The Balaban J connectivity index is 2.81. The van der Waals surface area contributed by atoms with Crippen molar-refractivity contribution >= 4 is 17.9 Å². The maximum absolute atomic E-state index is 12.0. The molecule has 1 aliphatic heterocycles. The molecule has 1 fully saturated rings. The number of nitrogens with zero attached hydrogens (tertiary/aromatic N) is 1. The Morgan fingerprint density at radius 3 is 2.60 bits per heavy atom. The molecule has 1 saturated heterocycles. The maximum Gasteiger partial charge on any atom is 0.531 e. The number of likely N-dealkylation sites (tertiary alicyclic amines) is 1. The van der Waals surface area contributed by atoms with Crippen LogP contribution in [0.3, 0.4) is 0 Å². The first kappa shape index (κ1) is 16.0. The number of likely N-dealkylation sites (N-methyl/N-ethyl adjacent to an activating group) is 1. The van der Waals surface area contributed by atoms with Crippen LogP contribution < -0.4 is 5.32 Å². The number of aliphatic hydroxyl groups is 1. The minimum absolute atomic E-state index is 0.0705. The Kier molecular flexibility index (Phi) is 5.14. The quantitative estimate of drug-likeness (QED) is 0.253. The molecule has 20 heavy (non-hydrogen) atoms. The zero-order chi connectivity index (χ0) is 15.3. The second-order valence-corrected chi connectivity index (χ2v) is 4.08. The van der Waals surface area contributed by atoms with Crippen molar-refractivity contribution in [3.05, 3.63) is 29.2 Å². The highest BCUT2D eigenvalue weighted by Crippen LogP contribution is 2.27. The number of nitrogens with one attached hydrogen (secondary N) is 1. The number of aliphatic hydroxyl groups excluding tert-OH is 1. The van der Waals surface area contributed by atoms with E-state index in [0.717, 1.165) is 6.08 Å². The molecule has 0 aliphatic carbocycles. The van der Waals surface area contributed by atoms with E-state index in [2.05, 4.69) is 5.32 Å². The molecule has 2 N–H and O–H groups in total. The molecular formula is C12H16N2O6. The van der Waals surface area contributed by atoms with Crippen molar-refractivity contribution in [2.24, 2.45) is 0 Å². The molecule has 2 atom stereocenters. The summed E-state index contributed by atoms with van der Waals surface area (Å²) in [4.78, 5) is 34.2. The van der Waals surface area contributed by atoms with E-state index in [9.17, 15) is 24.7 Å². The number of rotatable bonds is 3. The summed E-state index contributed by atoms with van der Waals surface area (Å²) in [6.07, 6.45) is 0.271. The first-order valence-corrected chi connectivity index (χ1v) is 5.96. The third-order valence-electron chi connectivity index (χ3n) is 2.81. The van der Waals surface area contributed by atoms with Crippen LogP contribution in [0.5, 0.6) is 0 Å². The number of amides is 3. The van der Waals surface area contributed by atoms with Gasteiger partial charge in [0.25, 0.3) is 0 Å². The van der Waals surface area contributed by atoms with Crippen LogP contribution in [0.2, 0.25) is 0 Å². The van der Waals surface area contributed by atoms with Crippen LogP contribution in [0.1, 0.15) is 19.8 Å². The molecule has 0 saturated carbocycles. The summed E-state index contributed by atoms with van der Waals surface area (Å²) < 4.78 is 2.71. The summed E-state index contributed by atoms with van der Waals surface area (Å²) in [7, 11) is 1.42. The van der Waals surface area contributed by atoms with E-state index in [0.29, 0.717) is 0 Å². The molecule has 8 nitrogen and oxygen atoms in total. The fraction of sp³-hybridized carbons (Fsp3) is 0.417. The number of hydroxylamine groups is 3. The third-order valence-corrected chi connectivity index (χ3v) is 2.81. The van der Waals surface area contributed by atoms with Crippen LogP contribution in [0, 0.1) is 5.21 Å². The van der Waals surface area contributed by atoms with Gasteiger partial charge < -0.3 is 20.4 Å². The highest BCUT2D eigenvalue weighted by atomic mass is 16.7. The Morgan fingerprint density at radius 2 is 2.15 bits per heavy atom. The van der Waals surface area contributed by atoms with Crippen LogP contribution in [0.15, 0.2) is 24.0 Å². The Bertz CT molecular complexity index is 484.